The summed E-state index contributed by atoms with van der Waals surface area (Å²) in [6.07, 6.45) is 0. The molecule has 0 saturated carbocycles. The summed E-state index contributed by atoms with van der Waals surface area (Å²) in [5.41, 5.74) is 0. The monoisotopic (exact) mass is 684 g/mol. The van der Waals surface area contributed by atoms with E-state index >= 15 is 0 Å². The number of Topliss-reactive ketones (excluding diaryl/α,β-unsaturated/α-hetero) is 2. The largest absolute Gasteiger partial charge is 1.00 e. The summed E-state index contributed by atoms with van der Waals surface area (Å²) in [7, 11) is 0. The topological polar surface area (TPSA) is 74.3 Å². The fourth-order valence-corrected chi connectivity index (χ4v) is 4.23. The third kappa shape index (κ3) is 16.0. The molecule has 4 nitrogen and oxygen atoms in total. The molecule has 0 saturated heterocycles. The molecule has 190 valence electrons. The van der Waals surface area contributed by atoms with E-state index in [4.69, 9.17) is 9.90 Å². The summed E-state index contributed by atoms with van der Waals surface area (Å²) in [6, 6.07) is 20.0. The van der Waals surface area contributed by atoms with Crippen molar-refractivity contribution in [1.82, 2.24) is 0 Å². The zero-order chi connectivity index (χ0) is 26.7. The Labute approximate surface area is 258 Å². The Kier molecular flexibility index (Phi) is 26.5. The predicted octanol–water partition coefficient (Wildman–Crippen LogP) is 4.90. The van der Waals surface area contributed by atoms with Crippen LogP contribution in [0.4, 0.5) is 0 Å². The minimum atomic E-state index is -1.08. The summed E-state index contributed by atoms with van der Waals surface area (Å²) in [6.45, 7) is 12.2. The van der Waals surface area contributed by atoms with Crippen LogP contribution in [-0.2, 0) is 17.6 Å². The van der Waals surface area contributed by atoms with Crippen LogP contribution in [0.2, 0.25) is 0 Å². The third-order valence-corrected chi connectivity index (χ3v) is 5.98. The molecule has 0 amide bonds. The summed E-state index contributed by atoms with van der Waals surface area (Å²) in [4.78, 5) is 32.6. The number of hydrogen-bond donors (Lipinski definition) is 0. The van der Waals surface area contributed by atoms with E-state index in [1.807, 2.05) is 88.4 Å². The Morgan fingerprint density at radius 3 is 1.17 bits per heavy atom. The number of carbonyl (C=O) groups excluding carboxylic acids is 3. The van der Waals surface area contributed by atoms with Gasteiger partial charge in [-0.25, -0.2) is 0 Å². The molecule has 35 heavy (non-hydrogen) atoms. The number of carbonyl (C=O) groups is 3. The van der Waals surface area contributed by atoms with Gasteiger partial charge in [0.1, 0.15) is 0 Å². The van der Waals surface area contributed by atoms with Crippen LogP contribution in [-0.4, -0.2) is 17.5 Å². The standard InChI is InChI=1S/2C10H8OS.C2H4O2.2C2H6.Cu.HI.Na/c2*1-7(11)10-6-8-4-2-3-5-9(8)12-10;1-2(3)4;2*1-2;;;/h2*2-6H,1H3;1H3,(H,3,4);2*1-2H3;;1H;/q;;;;;+1;;+1/p-2. The fourth-order valence-electron chi connectivity index (χ4n) is 2.31. The van der Waals surface area contributed by atoms with Crippen molar-refractivity contribution in [2.24, 2.45) is 0 Å². The van der Waals surface area contributed by atoms with E-state index in [1.165, 1.54) is 9.40 Å². The molecular formula is C26H31CuINaO4S2. The normalized spacial score (nSPS) is 8.40. The minimum absolute atomic E-state index is 0. The number of benzene rings is 2. The Hall–Kier alpha value is -0.581. The summed E-state index contributed by atoms with van der Waals surface area (Å²) in [5.74, 6) is -0.785. The molecule has 0 bridgehead atoms. The average molecular weight is 685 g/mol. The van der Waals surface area contributed by atoms with Crippen molar-refractivity contribution in [1.29, 1.82) is 0 Å². The SMILES string of the molecule is CC.CC.CC(=O)[O-].CC(=O)c1cc2ccccc2s1.CC(=O)c1cc2ccccc2s1.[Cu][I].[Na+]. The zero-order valence-electron chi connectivity index (χ0n) is 21.4. The number of thiophene rings is 2. The van der Waals surface area contributed by atoms with Crippen LogP contribution in [0, 0.1) is 0 Å². The van der Waals surface area contributed by atoms with Gasteiger partial charge in [-0.05, 0) is 55.8 Å². The van der Waals surface area contributed by atoms with Crippen LogP contribution in [0.15, 0.2) is 60.7 Å². The second-order valence-corrected chi connectivity index (χ2v) is 8.07. The first-order chi connectivity index (χ1) is 16.3. The molecule has 4 rings (SSSR count). The van der Waals surface area contributed by atoms with Gasteiger partial charge in [0, 0.05) is 15.4 Å². The molecule has 2 aromatic carbocycles. The zero-order valence-corrected chi connectivity index (χ0v) is 28.1. The summed E-state index contributed by atoms with van der Waals surface area (Å²) < 4.78 is 2.37. The van der Waals surface area contributed by atoms with E-state index in [0.717, 1.165) is 27.5 Å². The number of hydrogen-bond acceptors (Lipinski definition) is 6. The van der Waals surface area contributed by atoms with E-state index in [-0.39, 0.29) is 41.1 Å². The van der Waals surface area contributed by atoms with E-state index in [0.29, 0.717) is 0 Å². The van der Waals surface area contributed by atoms with Crippen molar-refractivity contribution in [2.45, 2.75) is 48.5 Å². The van der Waals surface area contributed by atoms with Crippen molar-refractivity contribution in [3.63, 3.8) is 0 Å². The predicted molar refractivity (Wildman–Crippen MR) is 151 cm³/mol. The van der Waals surface area contributed by atoms with Crippen LogP contribution >= 0.6 is 43.0 Å². The molecule has 0 spiro atoms. The number of carboxylic acids is 1. The first-order valence-corrected chi connectivity index (χ1v) is 15.2. The van der Waals surface area contributed by atoms with Gasteiger partial charge in [-0.15, -0.1) is 22.7 Å². The van der Waals surface area contributed by atoms with Crippen LogP contribution < -0.4 is 34.7 Å². The molecule has 0 radical (unpaired) electrons. The van der Waals surface area contributed by atoms with Gasteiger partial charge in [-0.1, -0.05) is 64.1 Å². The molecule has 0 N–H and O–H groups in total. The second kappa shape index (κ2) is 23.8. The number of carboxylic acid groups (broad SMARTS) is 1. The molecule has 2 heterocycles. The Balaban J connectivity index is -0.000000422. The number of halogens is 1. The molecule has 0 fully saturated rings. The molecule has 0 aliphatic carbocycles. The van der Waals surface area contributed by atoms with Crippen molar-refractivity contribution >= 4 is 80.7 Å². The van der Waals surface area contributed by atoms with Crippen LogP contribution in [0.1, 0.15) is 67.8 Å². The Bertz CT molecular complexity index is 989. The quantitative estimate of drug-likeness (QED) is 0.171. The molecule has 0 atom stereocenters. The number of aliphatic carboxylic acids is 1. The first kappa shape index (κ1) is 38.9. The Morgan fingerprint density at radius 2 is 0.943 bits per heavy atom. The molecule has 2 aromatic heterocycles. The van der Waals surface area contributed by atoms with E-state index in [2.05, 4.69) is 12.8 Å². The summed E-state index contributed by atoms with van der Waals surface area (Å²) >= 11 is 8.98. The molecule has 0 aliphatic rings. The average Bonchev–Trinajstić information content (AvgIpc) is 3.48. The van der Waals surface area contributed by atoms with Gasteiger partial charge in [0.25, 0.3) is 0 Å². The van der Waals surface area contributed by atoms with Crippen LogP contribution in [0.25, 0.3) is 20.2 Å². The van der Waals surface area contributed by atoms with Gasteiger partial charge >= 0.3 is 62.7 Å². The third-order valence-electron chi connectivity index (χ3n) is 3.55. The van der Waals surface area contributed by atoms with E-state index in [1.54, 1.807) is 56.9 Å². The van der Waals surface area contributed by atoms with Crippen LogP contribution in [0.3, 0.4) is 0 Å². The first-order valence-electron chi connectivity index (χ1n) is 10.6. The smallest absolute Gasteiger partial charge is 1.00 e. The van der Waals surface area contributed by atoms with Gasteiger partial charge in [0.05, 0.1) is 9.75 Å². The summed E-state index contributed by atoms with van der Waals surface area (Å²) in [5, 5.41) is 11.2. The maximum absolute atomic E-state index is 11.0. The number of fused-ring (bicyclic) bond motifs is 2. The van der Waals surface area contributed by atoms with Crippen LogP contribution in [0.5, 0.6) is 0 Å². The molecule has 0 unspecified atom stereocenters. The fraction of sp³-hybridized carbons (Fsp3) is 0.269. The van der Waals surface area contributed by atoms with Gasteiger partial charge in [0.15, 0.2) is 11.6 Å². The number of ketones is 2. The molecular weight excluding hydrogens is 654 g/mol. The van der Waals surface area contributed by atoms with E-state index < -0.39 is 5.97 Å². The van der Waals surface area contributed by atoms with Crippen molar-refractivity contribution in [2.75, 3.05) is 0 Å². The van der Waals surface area contributed by atoms with Gasteiger partial charge in [-0.2, -0.15) is 0 Å². The maximum atomic E-state index is 11.0. The van der Waals surface area contributed by atoms with Crippen molar-refractivity contribution < 1.29 is 61.8 Å². The Morgan fingerprint density at radius 1 is 0.686 bits per heavy atom. The second-order valence-electron chi connectivity index (χ2n) is 5.90. The maximum Gasteiger partial charge on any atom is 1.00 e. The molecule has 9 heteroatoms. The van der Waals surface area contributed by atoms with Gasteiger partial charge in [-0.3, -0.25) is 9.59 Å². The van der Waals surface area contributed by atoms with Gasteiger partial charge in [0.2, 0.25) is 0 Å². The van der Waals surface area contributed by atoms with Crippen molar-refractivity contribution in [3.05, 3.63) is 70.4 Å². The number of rotatable bonds is 2. The molecule has 0 aliphatic heterocycles. The van der Waals surface area contributed by atoms with E-state index in [9.17, 15) is 9.59 Å². The van der Waals surface area contributed by atoms with Gasteiger partial charge < -0.3 is 9.90 Å². The molecule has 4 aromatic rings. The minimum Gasteiger partial charge on any atom is 1.00 e. The van der Waals surface area contributed by atoms with Crippen molar-refractivity contribution in [3.8, 4) is 0 Å².